The van der Waals surface area contributed by atoms with Crippen LogP contribution in [0.1, 0.15) is 53.1 Å². The molecule has 0 fully saturated rings. The summed E-state index contributed by atoms with van der Waals surface area (Å²) in [4.78, 5) is 29.2. The molecule has 3 aromatic carbocycles. The Hall–Kier alpha value is -3.29. The summed E-state index contributed by atoms with van der Waals surface area (Å²) < 4.78 is 18.3. The molecule has 0 bridgehead atoms. The molecule has 1 aliphatic rings. The van der Waals surface area contributed by atoms with E-state index in [0.29, 0.717) is 45.2 Å². The van der Waals surface area contributed by atoms with Crippen LogP contribution >= 0.6 is 27.5 Å². The number of amides is 1. The normalized spacial score (nSPS) is 14.8. The number of rotatable bonds is 8. The molecule has 6 nitrogen and oxygen atoms in total. The highest BCUT2D eigenvalue weighted by molar-refractivity contribution is 9.10. The molecule has 4 aromatic rings. The van der Waals surface area contributed by atoms with Crippen LogP contribution in [0.25, 0.3) is 11.0 Å². The van der Waals surface area contributed by atoms with Crippen molar-refractivity contribution in [3.05, 3.63) is 103 Å². The van der Waals surface area contributed by atoms with Crippen molar-refractivity contribution >= 4 is 44.4 Å². The van der Waals surface area contributed by atoms with Crippen LogP contribution in [0, 0.1) is 0 Å². The lowest BCUT2D eigenvalue weighted by Crippen LogP contribution is -2.29. The minimum absolute atomic E-state index is 0.0408. The molecule has 1 aliphatic heterocycles. The molecular weight excluding hydrogens is 558 g/mol. The minimum atomic E-state index is -0.697. The maximum atomic E-state index is 13.8. The van der Waals surface area contributed by atoms with Crippen molar-refractivity contribution in [2.24, 2.45) is 0 Å². The van der Waals surface area contributed by atoms with Crippen molar-refractivity contribution in [2.45, 2.75) is 32.4 Å². The highest BCUT2D eigenvalue weighted by atomic mass is 79.9. The van der Waals surface area contributed by atoms with E-state index in [1.807, 2.05) is 36.4 Å². The Morgan fingerprint density at radius 1 is 1.05 bits per heavy atom. The SMILES string of the molecule is CCCCOc1ccc(C2c3c(oc4ccc(Br)cc4c3=O)C(=O)N2Cc2ccccc2Cl)cc1OC. The second-order valence-electron chi connectivity index (χ2n) is 8.85. The van der Waals surface area contributed by atoms with Crippen molar-refractivity contribution in [1.29, 1.82) is 0 Å². The standard InChI is InChI=1S/C29H25BrClNO5/c1-3-4-13-36-23-11-9-17(14-24(23)35-2)26-25-27(33)20-15-19(30)10-12-22(20)37-28(25)29(34)32(26)16-18-7-5-6-8-21(18)31/h5-12,14-15,26H,3-4,13,16H2,1-2H3. The lowest BCUT2D eigenvalue weighted by atomic mass is 9.97. The van der Waals surface area contributed by atoms with E-state index >= 15 is 0 Å². The van der Waals surface area contributed by atoms with E-state index in [1.54, 1.807) is 36.3 Å². The molecule has 1 aromatic heterocycles. The number of carbonyl (C=O) groups is 1. The molecule has 190 valence electrons. The number of carbonyl (C=O) groups excluding carboxylic acids is 1. The maximum absolute atomic E-state index is 13.8. The Kier molecular flexibility index (Phi) is 7.26. The van der Waals surface area contributed by atoms with Gasteiger partial charge in [-0.1, -0.05) is 65.1 Å². The summed E-state index contributed by atoms with van der Waals surface area (Å²) >= 11 is 9.89. The van der Waals surface area contributed by atoms with E-state index in [-0.39, 0.29) is 23.6 Å². The lowest BCUT2D eigenvalue weighted by molar-refractivity contribution is 0.0714. The smallest absolute Gasteiger partial charge is 0.291 e. The van der Waals surface area contributed by atoms with E-state index in [2.05, 4.69) is 22.9 Å². The Morgan fingerprint density at radius 2 is 1.86 bits per heavy atom. The topological polar surface area (TPSA) is 69.0 Å². The first-order valence-corrected chi connectivity index (χ1v) is 13.2. The lowest BCUT2D eigenvalue weighted by Gasteiger charge is -2.26. The fourth-order valence-electron chi connectivity index (χ4n) is 4.61. The fourth-order valence-corrected chi connectivity index (χ4v) is 5.17. The van der Waals surface area contributed by atoms with Gasteiger partial charge < -0.3 is 18.8 Å². The molecule has 5 rings (SSSR count). The molecule has 0 saturated carbocycles. The van der Waals surface area contributed by atoms with Crippen LogP contribution in [-0.2, 0) is 6.54 Å². The number of hydrogen-bond acceptors (Lipinski definition) is 5. The molecule has 1 unspecified atom stereocenters. The number of ether oxygens (including phenoxy) is 2. The Labute approximate surface area is 227 Å². The third kappa shape index (κ3) is 4.74. The predicted octanol–water partition coefficient (Wildman–Crippen LogP) is 7.14. The van der Waals surface area contributed by atoms with Crippen LogP contribution in [-0.4, -0.2) is 24.5 Å². The first kappa shape index (κ1) is 25.4. The molecule has 8 heteroatoms. The zero-order valence-electron chi connectivity index (χ0n) is 20.4. The van der Waals surface area contributed by atoms with E-state index in [4.69, 9.17) is 25.5 Å². The predicted molar refractivity (Wildman–Crippen MR) is 147 cm³/mol. The number of benzene rings is 3. The van der Waals surface area contributed by atoms with Crippen molar-refractivity contribution in [3.8, 4) is 11.5 Å². The third-order valence-corrected chi connectivity index (χ3v) is 7.35. The monoisotopic (exact) mass is 581 g/mol. The Bertz CT molecular complexity index is 1550. The molecule has 0 aliphatic carbocycles. The molecule has 2 heterocycles. The van der Waals surface area contributed by atoms with Gasteiger partial charge in [0.1, 0.15) is 5.58 Å². The van der Waals surface area contributed by atoms with Gasteiger partial charge in [-0.15, -0.1) is 0 Å². The summed E-state index contributed by atoms with van der Waals surface area (Å²) in [5.41, 5.74) is 1.88. The summed E-state index contributed by atoms with van der Waals surface area (Å²) in [5.74, 6) is 0.805. The van der Waals surface area contributed by atoms with E-state index in [1.165, 1.54) is 0 Å². The van der Waals surface area contributed by atoms with Crippen LogP contribution < -0.4 is 14.9 Å². The maximum Gasteiger partial charge on any atom is 0.291 e. The van der Waals surface area contributed by atoms with Crippen LogP contribution in [0.3, 0.4) is 0 Å². The second-order valence-corrected chi connectivity index (χ2v) is 10.2. The summed E-state index contributed by atoms with van der Waals surface area (Å²) in [6.07, 6.45) is 1.93. The molecule has 0 spiro atoms. The van der Waals surface area contributed by atoms with Gasteiger partial charge in [-0.05, 0) is 53.9 Å². The van der Waals surface area contributed by atoms with Crippen molar-refractivity contribution in [3.63, 3.8) is 0 Å². The van der Waals surface area contributed by atoms with Gasteiger partial charge in [0.25, 0.3) is 5.91 Å². The van der Waals surface area contributed by atoms with Crippen molar-refractivity contribution in [1.82, 2.24) is 4.90 Å². The molecule has 1 atom stereocenters. The van der Waals surface area contributed by atoms with Gasteiger partial charge in [0, 0.05) is 16.0 Å². The molecule has 1 amide bonds. The van der Waals surface area contributed by atoms with E-state index in [9.17, 15) is 9.59 Å². The fraction of sp³-hybridized carbons (Fsp3) is 0.241. The Balaban J connectivity index is 1.67. The molecule has 37 heavy (non-hydrogen) atoms. The summed E-state index contributed by atoms with van der Waals surface area (Å²) in [7, 11) is 1.57. The van der Waals surface area contributed by atoms with Gasteiger partial charge in [0.2, 0.25) is 5.76 Å². The van der Waals surface area contributed by atoms with Crippen molar-refractivity contribution < 1.29 is 18.7 Å². The average Bonchev–Trinajstić information content (AvgIpc) is 3.17. The number of nitrogens with zero attached hydrogens (tertiary/aromatic N) is 1. The summed E-state index contributed by atoms with van der Waals surface area (Å²) in [6, 6.07) is 17.3. The summed E-state index contributed by atoms with van der Waals surface area (Å²) in [6.45, 7) is 2.86. The number of halogens is 2. The molecule has 0 radical (unpaired) electrons. The van der Waals surface area contributed by atoms with E-state index < -0.39 is 6.04 Å². The van der Waals surface area contributed by atoms with Gasteiger partial charge in [0.15, 0.2) is 16.9 Å². The molecule has 0 saturated heterocycles. The van der Waals surface area contributed by atoms with Gasteiger partial charge in [-0.2, -0.15) is 0 Å². The van der Waals surface area contributed by atoms with Crippen molar-refractivity contribution in [2.75, 3.05) is 13.7 Å². The van der Waals surface area contributed by atoms with Gasteiger partial charge in [-0.25, -0.2) is 0 Å². The Morgan fingerprint density at radius 3 is 2.62 bits per heavy atom. The highest BCUT2D eigenvalue weighted by Crippen LogP contribution is 2.42. The van der Waals surface area contributed by atoms with Gasteiger partial charge in [0.05, 0.1) is 30.7 Å². The van der Waals surface area contributed by atoms with E-state index in [0.717, 1.165) is 22.9 Å². The number of methoxy groups -OCH3 is 1. The van der Waals surface area contributed by atoms with Crippen LogP contribution in [0.4, 0.5) is 0 Å². The molecular formula is C29H25BrClNO5. The first-order valence-electron chi connectivity index (χ1n) is 12.0. The van der Waals surface area contributed by atoms with Gasteiger partial charge >= 0.3 is 0 Å². The third-order valence-electron chi connectivity index (χ3n) is 6.49. The highest BCUT2D eigenvalue weighted by Gasteiger charge is 2.43. The quantitative estimate of drug-likeness (QED) is 0.207. The second kappa shape index (κ2) is 10.6. The van der Waals surface area contributed by atoms with Crippen LogP contribution in [0.15, 0.2) is 74.3 Å². The zero-order chi connectivity index (χ0) is 26.1. The first-order chi connectivity index (χ1) is 17.9. The van der Waals surface area contributed by atoms with Crippen LogP contribution in [0.5, 0.6) is 11.5 Å². The minimum Gasteiger partial charge on any atom is -0.493 e. The van der Waals surface area contributed by atoms with Crippen LogP contribution in [0.2, 0.25) is 5.02 Å². The largest absolute Gasteiger partial charge is 0.493 e. The molecule has 0 N–H and O–H groups in total. The van der Waals surface area contributed by atoms with Gasteiger partial charge in [-0.3, -0.25) is 9.59 Å². The average molecular weight is 583 g/mol. The zero-order valence-corrected chi connectivity index (χ0v) is 22.8. The summed E-state index contributed by atoms with van der Waals surface area (Å²) in [5, 5.41) is 0.938. The number of hydrogen-bond donors (Lipinski definition) is 0. The number of fused-ring (bicyclic) bond motifs is 2. The number of unbranched alkanes of at least 4 members (excludes halogenated alkanes) is 1.